The quantitative estimate of drug-likeness (QED) is 0.893. The lowest BCUT2D eigenvalue weighted by atomic mass is 10.1. The van der Waals surface area contributed by atoms with E-state index in [1.54, 1.807) is 19.2 Å². The van der Waals surface area contributed by atoms with Gasteiger partial charge in [0.05, 0.1) is 5.56 Å². The number of aromatic nitrogens is 2. The first kappa shape index (κ1) is 12.3. The summed E-state index contributed by atoms with van der Waals surface area (Å²) in [5.41, 5.74) is -0.375. The molecule has 0 aliphatic heterocycles. The number of nitrogens with zero attached hydrogens (tertiary/aromatic N) is 2. The van der Waals surface area contributed by atoms with Gasteiger partial charge in [0.2, 0.25) is 0 Å². The molecule has 0 atom stereocenters. The van der Waals surface area contributed by atoms with Crippen molar-refractivity contribution in [1.82, 2.24) is 9.97 Å². The highest BCUT2D eigenvalue weighted by molar-refractivity contribution is 5.58. The van der Waals surface area contributed by atoms with Crippen LogP contribution in [-0.4, -0.2) is 17.0 Å². The van der Waals surface area contributed by atoms with Gasteiger partial charge in [-0.15, -0.1) is 0 Å². The van der Waals surface area contributed by atoms with Crippen LogP contribution in [-0.2, 0) is 6.18 Å². The normalized spacial score (nSPS) is 11.3. The SMILES string of the molecule is CNc1ccnc(-c2cccc(C(F)(F)F)c2)n1. The van der Waals surface area contributed by atoms with Crippen LogP contribution in [0.15, 0.2) is 36.5 Å². The fourth-order valence-corrected chi connectivity index (χ4v) is 1.47. The summed E-state index contributed by atoms with van der Waals surface area (Å²) in [7, 11) is 1.68. The second kappa shape index (κ2) is 4.64. The van der Waals surface area contributed by atoms with E-state index in [1.165, 1.54) is 12.3 Å². The average molecular weight is 253 g/mol. The fraction of sp³-hybridized carbons (Fsp3) is 0.167. The molecule has 0 bridgehead atoms. The minimum absolute atomic E-state index is 0.257. The highest BCUT2D eigenvalue weighted by atomic mass is 19.4. The van der Waals surface area contributed by atoms with E-state index >= 15 is 0 Å². The van der Waals surface area contributed by atoms with E-state index in [4.69, 9.17) is 0 Å². The summed E-state index contributed by atoms with van der Waals surface area (Å²) in [6, 6.07) is 6.58. The minimum atomic E-state index is -4.36. The third-order valence-electron chi connectivity index (χ3n) is 2.36. The van der Waals surface area contributed by atoms with Crippen LogP contribution >= 0.6 is 0 Å². The third-order valence-corrected chi connectivity index (χ3v) is 2.36. The molecule has 1 aromatic carbocycles. The van der Waals surface area contributed by atoms with E-state index in [1.807, 2.05) is 0 Å². The fourth-order valence-electron chi connectivity index (χ4n) is 1.47. The topological polar surface area (TPSA) is 37.8 Å². The smallest absolute Gasteiger partial charge is 0.373 e. The van der Waals surface area contributed by atoms with E-state index < -0.39 is 11.7 Å². The van der Waals surface area contributed by atoms with E-state index in [2.05, 4.69) is 15.3 Å². The molecule has 6 heteroatoms. The molecular formula is C12H10F3N3. The number of nitrogens with one attached hydrogen (secondary N) is 1. The second-order valence-electron chi connectivity index (χ2n) is 3.59. The lowest BCUT2D eigenvalue weighted by Gasteiger charge is -2.08. The molecule has 0 aliphatic rings. The van der Waals surface area contributed by atoms with Crippen LogP contribution in [0, 0.1) is 0 Å². The maximum atomic E-state index is 12.6. The minimum Gasteiger partial charge on any atom is -0.373 e. The molecule has 0 amide bonds. The first-order valence-electron chi connectivity index (χ1n) is 5.19. The Morgan fingerprint density at radius 2 is 1.94 bits per heavy atom. The van der Waals surface area contributed by atoms with Gasteiger partial charge in [0.1, 0.15) is 5.82 Å². The number of hydrogen-bond acceptors (Lipinski definition) is 3. The molecule has 3 nitrogen and oxygen atoms in total. The molecule has 2 rings (SSSR count). The Morgan fingerprint density at radius 3 is 2.61 bits per heavy atom. The Labute approximate surface area is 102 Å². The van der Waals surface area contributed by atoms with Gasteiger partial charge in [-0.05, 0) is 18.2 Å². The van der Waals surface area contributed by atoms with E-state index in [9.17, 15) is 13.2 Å². The van der Waals surface area contributed by atoms with Gasteiger partial charge in [0, 0.05) is 18.8 Å². The number of halogens is 3. The van der Waals surface area contributed by atoms with Gasteiger partial charge in [0.15, 0.2) is 5.82 Å². The van der Waals surface area contributed by atoms with Crippen molar-refractivity contribution in [2.75, 3.05) is 12.4 Å². The van der Waals surface area contributed by atoms with Gasteiger partial charge in [0.25, 0.3) is 0 Å². The van der Waals surface area contributed by atoms with Crippen molar-refractivity contribution in [3.05, 3.63) is 42.1 Å². The average Bonchev–Trinajstić information content (AvgIpc) is 2.38. The third kappa shape index (κ3) is 2.58. The Kier molecular flexibility index (Phi) is 3.18. The van der Waals surface area contributed by atoms with Crippen LogP contribution in [0.2, 0.25) is 0 Å². The van der Waals surface area contributed by atoms with Crippen molar-refractivity contribution in [1.29, 1.82) is 0 Å². The summed E-state index contributed by atoms with van der Waals surface area (Å²) >= 11 is 0. The zero-order valence-corrected chi connectivity index (χ0v) is 9.49. The van der Waals surface area contributed by atoms with Gasteiger partial charge in [-0.2, -0.15) is 13.2 Å². The molecule has 0 spiro atoms. The van der Waals surface area contributed by atoms with Crippen LogP contribution in [0.4, 0.5) is 19.0 Å². The van der Waals surface area contributed by atoms with Crippen molar-refractivity contribution in [2.45, 2.75) is 6.18 Å². The van der Waals surface area contributed by atoms with Crippen molar-refractivity contribution >= 4 is 5.82 Å². The first-order chi connectivity index (χ1) is 8.50. The standard InChI is InChI=1S/C12H10F3N3/c1-16-10-5-6-17-11(18-10)8-3-2-4-9(7-8)12(13,14)15/h2-7H,1H3,(H,16,17,18). The van der Waals surface area contributed by atoms with Crippen molar-refractivity contribution in [3.8, 4) is 11.4 Å². The molecule has 0 radical (unpaired) electrons. The summed E-state index contributed by atoms with van der Waals surface area (Å²) in [5.74, 6) is 0.811. The van der Waals surface area contributed by atoms with Gasteiger partial charge in [-0.25, -0.2) is 9.97 Å². The molecule has 0 saturated heterocycles. The van der Waals surface area contributed by atoms with E-state index in [0.29, 0.717) is 11.4 Å². The maximum Gasteiger partial charge on any atom is 0.416 e. The summed E-state index contributed by atoms with van der Waals surface area (Å²) in [6.07, 6.45) is -2.87. The number of anilines is 1. The van der Waals surface area contributed by atoms with Crippen LogP contribution in [0.25, 0.3) is 11.4 Å². The maximum absolute atomic E-state index is 12.6. The molecule has 0 aliphatic carbocycles. The molecule has 0 saturated carbocycles. The molecule has 94 valence electrons. The lowest BCUT2D eigenvalue weighted by Crippen LogP contribution is -2.05. The zero-order valence-electron chi connectivity index (χ0n) is 9.49. The number of hydrogen-bond donors (Lipinski definition) is 1. The molecule has 2 aromatic rings. The van der Waals surface area contributed by atoms with Crippen LogP contribution in [0.1, 0.15) is 5.56 Å². The summed E-state index contributed by atoms with van der Waals surface area (Å²) in [5, 5.41) is 2.81. The molecule has 0 unspecified atom stereocenters. The number of benzene rings is 1. The summed E-state index contributed by atoms with van der Waals surface area (Å²) in [6.45, 7) is 0. The van der Waals surface area contributed by atoms with Crippen molar-refractivity contribution < 1.29 is 13.2 Å². The molecule has 0 fully saturated rings. The molecule has 1 heterocycles. The largest absolute Gasteiger partial charge is 0.416 e. The Balaban J connectivity index is 2.44. The van der Waals surface area contributed by atoms with E-state index in [0.717, 1.165) is 12.1 Å². The highest BCUT2D eigenvalue weighted by Gasteiger charge is 2.30. The van der Waals surface area contributed by atoms with E-state index in [-0.39, 0.29) is 5.82 Å². The van der Waals surface area contributed by atoms with Crippen molar-refractivity contribution in [3.63, 3.8) is 0 Å². The Hall–Kier alpha value is -2.11. The van der Waals surface area contributed by atoms with Crippen LogP contribution in [0.3, 0.4) is 0 Å². The Morgan fingerprint density at radius 1 is 1.17 bits per heavy atom. The van der Waals surface area contributed by atoms with Gasteiger partial charge in [-0.3, -0.25) is 0 Å². The first-order valence-corrected chi connectivity index (χ1v) is 5.19. The van der Waals surface area contributed by atoms with Gasteiger partial charge in [-0.1, -0.05) is 12.1 Å². The molecule has 1 N–H and O–H groups in total. The lowest BCUT2D eigenvalue weighted by molar-refractivity contribution is -0.137. The number of alkyl halides is 3. The van der Waals surface area contributed by atoms with Crippen molar-refractivity contribution in [2.24, 2.45) is 0 Å². The molecular weight excluding hydrogens is 243 g/mol. The summed E-state index contributed by atoms with van der Waals surface area (Å²) in [4.78, 5) is 8.06. The van der Waals surface area contributed by atoms with Crippen LogP contribution in [0.5, 0.6) is 0 Å². The second-order valence-corrected chi connectivity index (χ2v) is 3.59. The zero-order chi connectivity index (χ0) is 13.2. The summed E-state index contributed by atoms with van der Waals surface area (Å²) < 4.78 is 37.7. The molecule has 18 heavy (non-hydrogen) atoms. The van der Waals surface area contributed by atoms with Crippen LogP contribution < -0.4 is 5.32 Å². The van der Waals surface area contributed by atoms with Gasteiger partial charge >= 0.3 is 6.18 Å². The highest BCUT2D eigenvalue weighted by Crippen LogP contribution is 2.31. The molecule has 1 aromatic heterocycles. The predicted molar refractivity (Wildman–Crippen MR) is 62.0 cm³/mol. The van der Waals surface area contributed by atoms with Gasteiger partial charge < -0.3 is 5.32 Å². The Bertz CT molecular complexity index is 552. The monoisotopic (exact) mass is 253 g/mol. The number of rotatable bonds is 2. The predicted octanol–water partition coefficient (Wildman–Crippen LogP) is 3.20.